The molecule has 1 aromatic heterocycles. The summed E-state index contributed by atoms with van der Waals surface area (Å²) in [5.41, 5.74) is 15.7. The van der Waals surface area contributed by atoms with Crippen molar-refractivity contribution in [1.82, 2.24) is 0 Å². The maximum absolute atomic E-state index is 6.94. The van der Waals surface area contributed by atoms with Gasteiger partial charge in [-0.3, -0.25) is 0 Å². The largest absolute Gasteiger partial charge is 0.455 e. The molecule has 0 fully saturated rings. The summed E-state index contributed by atoms with van der Waals surface area (Å²) in [5.74, 6) is 0. The Hall–Kier alpha value is -7.16. The Morgan fingerprint density at radius 2 is 0.982 bits per heavy atom. The Labute approximate surface area is 326 Å². The predicted molar refractivity (Wildman–Crippen MR) is 234 cm³/mol. The summed E-state index contributed by atoms with van der Waals surface area (Å²) >= 11 is 0. The third-order valence-electron chi connectivity index (χ3n) is 12.0. The van der Waals surface area contributed by atoms with Crippen LogP contribution in [0, 0.1) is 0 Å². The lowest BCUT2D eigenvalue weighted by molar-refractivity contribution is 0.674. The average molecular weight is 716 g/mol. The highest BCUT2D eigenvalue weighted by Gasteiger charge is 2.41. The van der Waals surface area contributed by atoms with Gasteiger partial charge in [0.1, 0.15) is 11.2 Å². The van der Waals surface area contributed by atoms with E-state index in [4.69, 9.17) is 4.42 Å². The number of rotatable bonds is 6. The van der Waals surface area contributed by atoms with Gasteiger partial charge in [-0.05, 0) is 76.0 Å². The normalized spacial score (nSPS) is 14.6. The smallest absolute Gasteiger partial charge is 0.143 e. The van der Waals surface area contributed by atoms with E-state index in [9.17, 15) is 0 Å². The topological polar surface area (TPSA) is 16.4 Å². The quantitative estimate of drug-likeness (QED) is 0.170. The third-order valence-corrected chi connectivity index (χ3v) is 12.0. The zero-order valence-electron chi connectivity index (χ0n) is 31.0. The van der Waals surface area contributed by atoms with E-state index in [1.165, 1.54) is 38.8 Å². The monoisotopic (exact) mass is 715 g/mol. The van der Waals surface area contributed by atoms with Crippen molar-refractivity contribution in [3.05, 3.63) is 223 Å². The SMILES string of the molecule is CC1(c2ccccc2)c2ccccc2-c2ccc(N(c3ccccc3-c3ccccc3)c3ccccc3-c3cccc4c3oc3c5ccccc5ccc43)cc21. The van der Waals surface area contributed by atoms with E-state index in [0.29, 0.717) is 0 Å². The van der Waals surface area contributed by atoms with Gasteiger partial charge >= 0.3 is 0 Å². The molecular formula is C54H37NO. The van der Waals surface area contributed by atoms with Crippen LogP contribution < -0.4 is 4.90 Å². The Bertz CT molecular complexity index is 3100. The molecular weight excluding hydrogens is 679 g/mol. The van der Waals surface area contributed by atoms with Gasteiger partial charge in [-0.2, -0.15) is 0 Å². The Morgan fingerprint density at radius 3 is 1.80 bits per heavy atom. The predicted octanol–water partition coefficient (Wildman–Crippen LogP) is 14.9. The van der Waals surface area contributed by atoms with Crippen LogP contribution in [0.4, 0.5) is 17.1 Å². The van der Waals surface area contributed by atoms with E-state index in [1.807, 2.05) is 0 Å². The van der Waals surface area contributed by atoms with E-state index in [1.54, 1.807) is 0 Å². The standard InChI is InChI=1S/C54H37NO/c1-54(38-20-6-3-7-21-38)48-28-13-10-24-42(48)43-34-32-39(35-49(43)54)55(50-29-14-11-22-40(50)36-17-4-2-5-18-36)51-30-15-12-25-44(51)45-26-16-27-46-47-33-31-37-19-8-9-23-41(37)52(47)56-53(45)46/h2-35H,1H3. The minimum atomic E-state index is -0.337. The van der Waals surface area contributed by atoms with Crippen LogP contribution >= 0.6 is 0 Å². The molecule has 1 aliphatic rings. The van der Waals surface area contributed by atoms with Gasteiger partial charge in [0.15, 0.2) is 0 Å². The molecule has 0 saturated carbocycles. The summed E-state index contributed by atoms with van der Waals surface area (Å²) in [4.78, 5) is 2.46. The number of benzene rings is 9. The first kappa shape index (κ1) is 32.3. The first-order valence-corrected chi connectivity index (χ1v) is 19.4. The molecule has 1 heterocycles. The lowest BCUT2D eigenvalue weighted by atomic mass is 9.74. The molecule has 2 heteroatoms. The first-order chi connectivity index (χ1) is 27.7. The van der Waals surface area contributed by atoms with Gasteiger partial charge in [0.25, 0.3) is 0 Å². The number of furan rings is 1. The van der Waals surface area contributed by atoms with Crippen molar-refractivity contribution >= 4 is 49.8 Å². The molecule has 10 aromatic rings. The summed E-state index contributed by atoms with van der Waals surface area (Å²) in [6, 6.07) is 74.7. The molecule has 264 valence electrons. The fourth-order valence-corrected chi connectivity index (χ4v) is 9.27. The number of hydrogen-bond donors (Lipinski definition) is 0. The van der Waals surface area contributed by atoms with Crippen LogP contribution in [0.15, 0.2) is 211 Å². The molecule has 11 rings (SSSR count). The number of nitrogens with zero attached hydrogens (tertiary/aromatic N) is 1. The van der Waals surface area contributed by atoms with E-state index >= 15 is 0 Å². The lowest BCUT2D eigenvalue weighted by Gasteiger charge is -2.32. The number of fused-ring (bicyclic) bond motifs is 8. The van der Waals surface area contributed by atoms with Gasteiger partial charge in [-0.15, -0.1) is 0 Å². The molecule has 0 saturated heterocycles. The van der Waals surface area contributed by atoms with E-state index in [2.05, 4.69) is 218 Å². The van der Waals surface area contributed by atoms with Crippen LogP contribution in [0.3, 0.4) is 0 Å². The van der Waals surface area contributed by atoms with Crippen LogP contribution in [-0.2, 0) is 5.41 Å². The van der Waals surface area contributed by atoms with Gasteiger partial charge < -0.3 is 9.32 Å². The highest BCUT2D eigenvalue weighted by molar-refractivity contribution is 6.17. The first-order valence-electron chi connectivity index (χ1n) is 19.4. The summed E-state index contributed by atoms with van der Waals surface area (Å²) in [7, 11) is 0. The third kappa shape index (κ3) is 4.82. The van der Waals surface area contributed by atoms with Gasteiger partial charge in [0, 0.05) is 44.0 Å². The van der Waals surface area contributed by atoms with Crippen molar-refractivity contribution in [2.45, 2.75) is 12.3 Å². The van der Waals surface area contributed by atoms with Gasteiger partial charge in [0.2, 0.25) is 0 Å². The summed E-state index contributed by atoms with van der Waals surface area (Å²) in [6.07, 6.45) is 0. The Balaban J connectivity index is 1.18. The average Bonchev–Trinajstić information content (AvgIpc) is 3.78. The molecule has 2 nitrogen and oxygen atoms in total. The van der Waals surface area contributed by atoms with E-state index in [-0.39, 0.29) is 5.41 Å². The Kier molecular flexibility index (Phi) is 7.33. The highest BCUT2D eigenvalue weighted by atomic mass is 16.3. The van der Waals surface area contributed by atoms with Gasteiger partial charge in [0.05, 0.1) is 11.4 Å². The molecule has 1 unspecified atom stereocenters. The van der Waals surface area contributed by atoms with Crippen molar-refractivity contribution in [3.8, 4) is 33.4 Å². The van der Waals surface area contributed by atoms with Crippen LogP contribution in [0.2, 0.25) is 0 Å². The molecule has 0 bridgehead atoms. The van der Waals surface area contributed by atoms with Gasteiger partial charge in [-0.1, -0.05) is 176 Å². The molecule has 0 aliphatic heterocycles. The fourth-order valence-electron chi connectivity index (χ4n) is 9.27. The second-order valence-corrected chi connectivity index (χ2v) is 14.9. The molecule has 56 heavy (non-hydrogen) atoms. The van der Waals surface area contributed by atoms with E-state index < -0.39 is 0 Å². The second-order valence-electron chi connectivity index (χ2n) is 14.9. The maximum Gasteiger partial charge on any atom is 0.143 e. The summed E-state index contributed by atoms with van der Waals surface area (Å²) in [6.45, 7) is 2.39. The number of hydrogen-bond acceptors (Lipinski definition) is 2. The molecule has 0 amide bonds. The second kappa shape index (κ2) is 12.7. The van der Waals surface area contributed by atoms with Crippen LogP contribution in [0.25, 0.3) is 66.1 Å². The number of anilines is 3. The zero-order chi connectivity index (χ0) is 37.2. The van der Waals surface area contributed by atoms with Crippen LogP contribution in [0.1, 0.15) is 23.6 Å². The fraction of sp³-hybridized carbons (Fsp3) is 0.0370. The lowest BCUT2D eigenvalue weighted by Crippen LogP contribution is -2.23. The van der Waals surface area contributed by atoms with Gasteiger partial charge in [-0.25, -0.2) is 0 Å². The molecule has 1 atom stereocenters. The maximum atomic E-state index is 6.94. The molecule has 0 radical (unpaired) electrons. The van der Waals surface area contributed by atoms with Crippen molar-refractivity contribution < 1.29 is 4.42 Å². The minimum absolute atomic E-state index is 0.337. The minimum Gasteiger partial charge on any atom is -0.455 e. The van der Waals surface area contributed by atoms with Crippen molar-refractivity contribution in [2.24, 2.45) is 0 Å². The van der Waals surface area contributed by atoms with Crippen LogP contribution in [0.5, 0.6) is 0 Å². The molecule has 0 spiro atoms. The summed E-state index contributed by atoms with van der Waals surface area (Å²) in [5, 5.41) is 4.54. The summed E-state index contributed by atoms with van der Waals surface area (Å²) < 4.78 is 6.94. The van der Waals surface area contributed by atoms with E-state index in [0.717, 1.165) is 61.1 Å². The Morgan fingerprint density at radius 1 is 0.393 bits per heavy atom. The number of para-hydroxylation sites is 3. The van der Waals surface area contributed by atoms with Crippen molar-refractivity contribution in [2.75, 3.05) is 4.90 Å². The van der Waals surface area contributed by atoms with Crippen molar-refractivity contribution in [3.63, 3.8) is 0 Å². The highest BCUT2D eigenvalue weighted by Crippen LogP contribution is 2.55. The zero-order valence-corrected chi connectivity index (χ0v) is 31.0. The van der Waals surface area contributed by atoms with Crippen molar-refractivity contribution in [1.29, 1.82) is 0 Å². The molecule has 1 aliphatic carbocycles. The molecule has 9 aromatic carbocycles. The van der Waals surface area contributed by atoms with Crippen LogP contribution in [-0.4, -0.2) is 0 Å². The molecule has 0 N–H and O–H groups in total.